The Morgan fingerprint density at radius 1 is 1.03 bits per heavy atom. The van der Waals surface area contributed by atoms with E-state index in [2.05, 4.69) is 17.4 Å². The van der Waals surface area contributed by atoms with Gasteiger partial charge in [0, 0.05) is 6.04 Å². The summed E-state index contributed by atoms with van der Waals surface area (Å²) in [5.41, 5.74) is 4.70. The molecule has 2 unspecified atom stereocenters. The fourth-order valence-electron chi connectivity index (χ4n) is 4.22. The van der Waals surface area contributed by atoms with Gasteiger partial charge in [0.2, 0.25) is 0 Å². The van der Waals surface area contributed by atoms with Crippen LogP contribution in [0.1, 0.15) is 60.1 Å². The van der Waals surface area contributed by atoms with Crippen molar-refractivity contribution in [3.05, 3.63) is 52.6 Å². The van der Waals surface area contributed by atoms with Crippen molar-refractivity contribution in [1.29, 1.82) is 0 Å². The van der Waals surface area contributed by atoms with Crippen molar-refractivity contribution < 1.29 is 19.3 Å². The highest BCUT2D eigenvalue weighted by atomic mass is 16.5. The molecule has 5 heteroatoms. The molecule has 5 nitrogen and oxygen atoms in total. The molecule has 0 aromatic heterocycles. The topological polar surface area (TPSA) is 60.0 Å². The number of aryl methyl sites for hydroxylation is 1. The molecule has 29 heavy (non-hydrogen) atoms. The molecule has 2 N–H and O–H groups in total. The largest absolute Gasteiger partial charge is 0.497 e. The van der Waals surface area contributed by atoms with Gasteiger partial charge in [-0.1, -0.05) is 18.9 Å². The zero-order valence-corrected chi connectivity index (χ0v) is 18.0. The number of hydrogen-bond donors (Lipinski definition) is 2. The van der Waals surface area contributed by atoms with Crippen LogP contribution in [0.4, 0.5) is 0 Å². The zero-order chi connectivity index (χ0) is 20.8. The molecule has 158 valence electrons. The van der Waals surface area contributed by atoms with E-state index in [9.17, 15) is 5.11 Å². The minimum atomic E-state index is -0.433. The summed E-state index contributed by atoms with van der Waals surface area (Å²) in [6, 6.07) is 10.4. The molecule has 0 amide bonds. The number of benzene rings is 2. The van der Waals surface area contributed by atoms with Crippen molar-refractivity contribution in [1.82, 2.24) is 5.32 Å². The molecular weight excluding hydrogens is 366 g/mol. The van der Waals surface area contributed by atoms with Gasteiger partial charge in [0.05, 0.1) is 27.4 Å². The first-order valence-corrected chi connectivity index (χ1v) is 10.4. The fraction of sp³-hybridized carbons (Fsp3) is 0.500. The number of hydrogen-bond acceptors (Lipinski definition) is 5. The smallest absolute Gasteiger partial charge is 0.161 e. The Hall–Kier alpha value is -2.24. The highest BCUT2D eigenvalue weighted by molar-refractivity contribution is 5.49. The molecule has 3 rings (SSSR count). The molecule has 1 heterocycles. The van der Waals surface area contributed by atoms with Crippen molar-refractivity contribution in [2.75, 3.05) is 27.9 Å². The predicted octanol–water partition coefficient (Wildman–Crippen LogP) is 4.50. The minimum Gasteiger partial charge on any atom is -0.497 e. The van der Waals surface area contributed by atoms with Crippen LogP contribution in [0.15, 0.2) is 30.3 Å². The van der Waals surface area contributed by atoms with Crippen molar-refractivity contribution in [3.8, 4) is 17.2 Å². The minimum absolute atomic E-state index is 0.318. The van der Waals surface area contributed by atoms with Crippen LogP contribution in [0, 0.1) is 6.92 Å². The van der Waals surface area contributed by atoms with Gasteiger partial charge in [0.1, 0.15) is 5.75 Å². The number of methoxy groups -OCH3 is 3. The van der Waals surface area contributed by atoms with E-state index in [1.807, 2.05) is 25.1 Å². The molecule has 2 atom stereocenters. The summed E-state index contributed by atoms with van der Waals surface area (Å²) >= 11 is 0. The molecule has 2 aromatic rings. The molecule has 2 aromatic carbocycles. The lowest BCUT2D eigenvalue weighted by Gasteiger charge is -2.28. The van der Waals surface area contributed by atoms with E-state index in [1.54, 1.807) is 21.3 Å². The van der Waals surface area contributed by atoms with Crippen LogP contribution in [-0.4, -0.2) is 33.0 Å². The van der Waals surface area contributed by atoms with Gasteiger partial charge in [-0.2, -0.15) is 0 Å². The third-order valence-electron chi connectivity index (χ3n) is 5.86. The number of ether oxygens (including phenoxy) is 3. The summed E-state index contributed by atoms with van der Waals surface area (Å²) < 4.78 is 16.2. The summed E-state index contributed by atoms with van der Waals surface area (Å²) in [7, 11) is 5.02. The summed E-state index contributed by atoms with van der Waals surface area (Å²) in [4.78, 5) is 0. The molecule has 0 radical (unpaired) electrons. The van der Waals surface area contributed by atoms with E-state index in [-0.39, 0.29) is 0 Å². The van der Waals surface area contributed by atoms with Gasteiger partial charge in [-0.05, 0) is 79.3 Å². The van der Waals surface area contributed by atoms with Crippen LogP contribution in [0.2, 0.25) is 0 Å². The van der Waals surface area contributed by atoms with Gasteiger partial charge < -0.3 is 24.6 Å². The maximum Gasteiger partial charge on any atom is 0.161 e. The first-order chi connectivity index (χ1) is 14.1. The number of rotatable bonds is 9. The van der Waals surface area contributed by atoms with Gasteiger partial charge in [0.15, 0.2) is 11.5 Å². The van der Waals surface area contributed by atoms with Gasteiger partial charge in [-0.25, -0.2) is 0 Å². The highest BCUT2D eigenvalue weighted by Gasteiger charge is 2.22. The average Bonchev–Trinajstić information content (AvgIpc) is 2.75. The first kappa shape index (κ1) is 21.5. The van der Waals surface area contributed by atoms with Crippen molar-refractivity contribution in [2.45, 2.75) is 51.2 Å². The van der Waals surface area contributed by atoms with E-state index < -0.39 is 6.10 Å². The van der Waals surface area contributed by atoms with Crippen LogP contribution in [0.3, 0.4) is 0 Å². The molecule has 0 spiro atoms. The molecule has 1 aliphatic heterocycles. The second kappa shape index (κ2) is 9.99. The molecule has 0 saturated carbocycles. The molecule has 1 aliphatic rings. The van der Waals surface area contributed by atoms with Crippen molar-refractivity contribution in [2.24, 2.45) is 0 Å². The second-order valence-corrected chi connectivity index (χ2v) is 7.69. The zero-order valence-electron chi connectivity index (χ0n) is 18.0. The number of aliphatic hydroxyl groups is 1. The highest BCUT2D eigenvalue weighted by Crippen LogP contribution is 2.37. The predicted molar refractivity (Wildman–Crippen MR) is 115 cm³/mol. The Kier molecular flexibility index (Phi) is 7.40. The van der Waals surface area contributed by atoms with E-state index in [1.165, 1.54) is 11.1 Å². The van der Waals surface area contributed by atoms with Gasteiger partial charge in [-0.15, -0.1) is 0 Å². The van der Waals surface area contributed by atoms with Gasteiger partial charge >= 0.3 is 0 Å². The lowest BCUT2D eigenvalue weighted by atomic mass is 9.90. The van der Waals surface area contributed by atoms with Crippen LogP contribution < -0.4 is 19.5 Å². The van der Waals surface area contributed by atoms with Gasteiger partial charge in [0.25, 0.3) is 0 Å². The maximum atomic E-state index is 10.6. The fourth-order valence-corrected chi connectivity index (χ4v) is 4.22. The number of aliphatic hydroxyl groups excluding tert-OH is 1. The number of nitrogens with one attached hydrogen (secondary N) is 1. The van der Waals surface area contributed by atoms with Crippen molar-refractivity contribution in [3.63, 3.8) is 0 Å². The molecule has 0 saturated heterocycles. The van der Waals surface area contributed by atoms with E-state index in [0.29, 0.717) is 6.04 Å². The Bertz CT molecular complexity index is 821. The van der Waals surface area contributed by atoms with Crippen LogP contribution in [0.25, 0.3) is 0 Å². The number of fused-ring (bicyclic) bond motifs is 1. The summed E-state index contributed by atoms with van der Waals surface area (Å²) in [5, 5.41) is 14.2. The SMILES string of the molecule is COc1ccc(C(O)CCCCC2NCCc3cc(OC)c(OC)cc32)c(C)c1. The Morgan fingerprint density at radius 2 is 1.79 bits per heavy atom. The van der Waals surface area contributed by atoms with E-state index in [4.69, 9.17) is 14.2 Å². The quantitative estimate of drug-likeness (QED) is 0.608. The monoisotopic (exact) mass is 399 g/mol. The molecular formula is C24H33NO4. The summed E-state index contributed by atoms with van der Waals surface area (Å²) in [6.07, 6.45) is 4.40. The van der Waals surface area contributed by atoms with Crippen molar-refractivity contribution >= 4 is 0 Å². The molecule has 0 bridgehead atoms. The van der Waals surface area contributed by atoms with Crippen LogP contribution in [0.5, 0.6) is 17.2 Å². The summed E-state index contributed by atoms with van der Waals surface area (Å²) in [6.45, 7) is 2.99. The Balaban J connectivity index is 1.56. The lowest BCUT2D eigenvalue weighted by Crippen LogP contribution is -2.29. The molecule has 0 fully saturated rings. The number of unbranched alkanes of at least 4 members (excludes halogenated alkanes) is 1. The Labute approximate surface area is 174 Å². The lowest BCUT2D eigenvalue weighted by molar-refractivity contribution is 0.162. The Morgan fingerprint density at radius 3 is 2.48 bits per heavy atom. The third kappa shape index (κ3) is 5.03. The van der Waals surface area contributed by atoms with Crippen LogP contribution >= 0.6 is 0 Å². The third-order valence-corrected chi connectivity index (χ3v) is 5.86. The van der Waals surface area contributed by atoms with E-state index in [0.717, 1.165) is 67.0 Å². The normalized spacial score (nSPS) is 16.8. The summed E-state index contributed by atoms with van der Waals surface area (Å²) in [5.74, 6) is 2.41. The maximum absolute atomic E-state index is 10.6. The van der Waals surface area contributed by atoms with E-state index >= 15 is 0 Å². The van der Waals surface area contributed by atoms with Crippen LogP contribution in [-0.2, 0) is 6.42 Å². The standard InChI is InChI=1S/C24H33NO4/c1-16-13-18(27-2)9-10-19(16)22(26)8-6-5-7-21-20-15-24(29-4)23(28-3)14-17(20)11-12-25-21/h9-10,13-15,21-22,25-26H,5-8,11-12H2,1-4H3. The second-order valence-electron chi connectivity index (χ2n) is 7.69. The average molecular weight is 400 g/mol. The molecule has 0 aliphatic carbocycles. The van der Waals surface area contributed by atoms with Gasteiger partial charge in [-0.3, -0.25) is 0 Å². The first-order valence-electron chi connectivity index (χ1n) is 10.4.